The van der Waals surface area contributed by atoms with Crippen LogP contribution < -0.4 is 0 Å². The first-order chi connectivity index (χ1) is 23.6. The van der Waals surface area contributed by atoms with Gasteiger partial charge in [0.1, 0.15) is 0 Å². The Labute approximate surface area is 290 Å². The summed E-state index contributed by atoms with van der Waals surface area (Å²) in [7, 11) is 0. The van der Waals surface area contributed by atoms with Crippen LogP contribution in [0.4, 0.5) is 0 Å². The molecule has 0 saturated heterocycles. The molecule has 6 heteroatoms. The summed E-state index contributed by atoms with van der Waals surface area (Å²) in [5, 5.41) is 8.37. The summed E-state index contributed by atoms with van der Waals surface area (Å²) in [5.74, 6) is 0.727. The van der Waals surface area contributed by atoms with Gasteiger partial charge in [-0.1, -0.05) is 92.9 Å². The molecular weight excluding hydrogens is 608 g/mol. The topological polar surface area (TPSA) is 69.9 Å². The van der Waals surface area contributed by atoms with E-state index >= 15 is 0 Å². The van der Waals surface area contributed by atoms with Gasteiger partial charge in [0.05, 0.1) is 23.6 Å². The molecule has 0 aliphatic carbocycles. The van der Waals surface area contributed by atoms with Crippen molar-refractivity contribution in [1.29, 1.82) is 0 Å². The fourth-order valence-corrected chi connectivity index (χ4v) is 7.27. The molecule has 0 fully saturated rings. The third-order valence-electron chi connectivity index (χ3n) is 9.60. The molecule has 5 rings (SSSR count). The smallest absolute Gasteiger partial charge is 0.331 e. The number of fused-ring (bicyclic) bond motifs is 5. The molecule has 1 unspecified atom stereocenters. The number of hydrogen-bond donors (Lipinski definition) is 0. The number of carbonyl (C=O) groups is 2. The number of rotatable bonds is 15. The van der Waals surface area contributed by atoms with Crippen LogP contribution in [-0.4, -0.2) is 28.6 Å². The second-order valence-electron chi connectivity index (χ2n) is 13.3. The van der Waals surface area contributed by atoms with Gasteiger partial charge >= 0.3 is 5.97 Å². The maximum Gasteiger partial charge on any atom is 0.331 e. The van der Waals surface area contributed by atoms with Crippen molar-refractivity contribution in [2.24, 2.45) is 11.1 Å². The van der Waals surface area contributed by atoms with Crippen molar-refractivity contribution in [2.75, 3.05) is 6.61 Å². The van der Waals surface area contributed by atoms with Crippen LogP contribution in [0.2, 0.25) is 0 Å². The van der Waals surface area contributed by atoms with Crippen molar-refractivity contribution in [3.8, 4) is 0 Å². The number of hydrogen-bond acceptors (Lipinski definition) is 5. The predicted octanol–water partition coefficient (Wildman–Crippen LogP) is 10.9. The Morgan fingerprint density at radius 2 is 1.59 bits per heavy atom. The summed E-state index contributed by atoms with van der Waals surface area (Å²) in [4.78, 5) is 31.6. The van der Waals surface area contributed by atoms with E-state index in [1.807, 2.05) is 26.8 Å². The van der Waals surface area contributed by atoms with Gasteiger partial charge in [-0.05, 0) is 74.7 Å². The number of aryl methyl sites for hydroxylation is 3. The van der Waals surface area contributed by atoms with Crippen molar-refractivity contribution >= 4 is 50.0 Å². The number of carbonyl (C=O) groups excluding carboxylic acids is 2. The minimum atomic E-state index is -0.479. The molecule has 0 amide bonds. The molecular formula is C43H50N2O4. The maximum atomic E-state index is 14.6. The van der Waals surface area contributed by atoms with E-state index in [9.17, 15) is 9.59 Å². The third kappa shape index (κ3) is 7.64. The molecule has 0 aliphatic rings. The molecule has 0 N–H and O–H groups in total. The zero-order chi connectivity index (χ0) is 35.2. The van der Waals surface area contributed by atoms with Crippen LogP contribution in [-0.2, 0) is 20.9 Å². The quantitative estimate of drug-likeness (QED) is 0.0369. The van der Waals surface area contributed by atoms with Gasteiger partial charge < -0.3 is 14.1 Å². The van der Waals surface area contributed by atoms with Crippen molar-refractivity contribution in [3.05, 3.63) is 106 Å². The van der Waals surface area contributed by atoms with E-state index in [0.717, 1.165) is 79.8 Å². The Morgan fingerprint density at radius 3 is 2.24 bits per heavy atom. The van der Waals surface area contributed by atoms with Gasteiger partial charge in [-0.25, -0.2) is 4.79 Å². The van der Waals surface area contributed by atoms with Crippen molar-refractivity contribution in [3.63, 3.8) is 0 Å². The molecule has 0 bridgehead atoms. The van der Waals surface area contributed by atoms with E-state index in [1.165, 1.54) is 19.8 Å². The number of oxime groups is 1. The minimum Gasteiger partial charge on any atom is -0.499 e. The largest absolute Gasteiger partial charge is 0.499 e. The highest BCUT2D eigenvalue weighted by Crippen LogP contribution is 2.39. The van der Waals surface area contributed by atoms with Gasteiger partial charge in [0, 0.05) is 64.7 Å². The van der Waals surface area contributed by atoms with E-state index < -0.39 is 5.97 Å². The molecule has 1 atom stereocenters. The zero-order valence-electron chi connectivity index (χ0n) is 30.2. The van der Waals surface area contributed by atoms with Crippen LogP contribution in [0.1, 0.15) is 104 Å². The van der Waals surface area contributed by atoms with E-state index in [2.05, 4.69) is 91.7 Å². The van der Waals surface area contributed by atoms with E-state index in [4.69, 9.17) is 9.57 Å². The SMILES string of the molecule is C=C(CC/C(=N/OC(C)=O)c1ccc2c(c1)c1cc(C(=O)c3c(C)cc(C)cc3C)c3ccccc3c1n2CC(CC)CCCC)OCC. The molecule has 49 heavy (non-hydrogen) atoms. The van der Waals surface area contributed by atoms with Crippen LogP contribution in [0.15, 0.2) is 78.2 Å². The minimum absolute atomic E-state index is 0.0334. The first-order valence-electron chi connectivity index (χ1n) is 17.7. The van der Waals surface area contributed by atoms with Gasteiger partial charge in [0.25, 0.3) is 0 Å². The summed E-state index contributed by atoms with van der Waals surface area (Å²) in [5.41, 5.74) is 8.30. The second kappa shape index (κ2) is 15.7. The molecule has 4 aromatic carbocycles. The van der Waals surface area contributed by atoms with Crippen molar-refractivity contribution < 1.29 is 19.2 Å². The van der Waals surface area contributed by atoms with Crippen molar-refractivity contribution in [1.82, 2.24) is 4.57 Å². The summed E-state index contributed by atoms with van der Waals surface area (Å²) >= 11 is 0. The lowest BCUT2D eigenvalue weighted by atomic mass is 9.89. The number of unbranched alkanes of at least 4 members (excludes halogenated alkanes) is 1. The third-order valence-corrected chi connectivity index (χ3v) is 9.60. The Kier molecular flexibility index (Phi) is 11.4. The Hall–Kier alpha value is -4.71. The number of ether oxygens (including phenoxy) is 1. The highest BCUT2D eigenvalue weighted by molar-refractivity contribution is 6.26. The number of ketones is 1. The van der Waals surface area contributed by atoms with Crippen LogP contribution >= 0.6 is 0 Å². The summed E-state index contributed by atoms with van der Waals surface area (Å²) in [6.07, 6.45) is 5.64. The zero-order valence-corrected chi connectivity index (χ0v) is 30.2. The summed E-state index contributed by atoms with van der Waals surface area (Å²) in [6.45, 7) is 19.4. The molecule has 0 spiro atoms. The Morgan fingerprint density at radius 1 is 0.878 bits per heavy atom. The van der Waals surface area contributed by atoms with Crippen LogP contribution in [0.3, 0.4) is 0 Å². The molecule has 0 aliphatic heterocycles. The first kappa shape index (κ1) is 35.6. The van der Waals surface area contributed by atoms with Gasteiger partial charge in [-0.3, -0.25) is 4.79 Å². The monoisotopic (exact) mass is 658 g/mol. The van der Waals surface area contributed by atoms with Crippen LogP contribution in [0, 0.1) is 26.7 Å². The Balaban J connectivity index is 1.80. The number of nitrogens with zero attached hydrogens (tertiary/aromatic N) is 2. The van der Waals surface area contributed by atoms with Gasteiger partial charge in [0.15, 0.2) is 5.78 Å². The van der Waals surface area contributed by atoms with Gasteiger partial charge in [0.2, 0.25) is 0 Å². The first-order valence-corrected chi connectivity index (χ1v) is 17.7. The standard InChI is InChI=1S/C43H50N2O4/c1-9-12-15-32(10-2)26-45-40-21-19-33(39(44-49-31(8)46)20-18-30(7)48-11-3)24-36(40)37-25-38(34-16-13-14-17-35(34)42(37)45)43(47)41-28(5)22-27(4)23-29(41)6/h13-14,16-17,19,21-25,32H,7,9-12,15,18,20,26H2,1-6,8H3/b44-39-. The average Bonchev–Trinajstić information content (AvgIpc) is 3.38. The molecule has 256 valence electrons. The van der Waals surface area contributed by atoms with Crippen LogP contribution in [0.25, 0.3) is 32.6 Å². The number of allylic oxidation sites excluding steroid dienone is 1. The second-order valence-corrected chi connectivity index (χ2v) is 13.3. The maximum absolute atomic E-state index is 14.6. The van der Waals surface area contributed by atoms with Gasteiger partial charge in [-0.2, -0.15) is 0 Å². The molecule has 0 saturated carbocycles. The van der Waals surface area contributed by atoms with E-state index in [0.29, 0.717) is 42.4 Å². The lowest BCUT2D eigenvalue weighted by molar-refractivity contribution is -0.140. The number of benzene rings is 4. The van der Waals surface area contributed by atoms with Gasteiger partial charge in [-0.15, -0.1) is 0 Å². The van der Waals surface area contributed by atoms with E-state index in [1.54, 1.807) is 0 Å². The fraction of sp³-hybridized carbons (Fsp3) is 0.372. The fourth-order valence-electron chi connectivity index (χ4n) is 7.27. The molecule has 6 nitrogen and oxygen atoms in total. The van der Waals surface area contributed by atoms with Crippen LogP contribution in [0.5, 0.6) is 0 Å². The molecule has 1 aromatic heterocycles. The van der Waals surface area contributed by atoms with E-state index in [-0.39, 0.29) is 5.78 Å². The molecule has 5 aromatic rings. The molecule has 1 heterocycles. The summed E-state index contributed by atoms with van der Waals surface area (Å²) < 4.78 is 8.07. The highest BCUT2D eigenvalue weighted by Gasteiger charge is 2.24. The summed E-state index contributed by atoms with van der Waals surface area (Å²) in [6, 6.07) is 21.0. The Bertz CT molecular complexity index is 2040. The average molecular weight is 659 g/mol. The molecule has 0 radical (unpaired) electrons. The lowest BCUT2D eigenvalue weighted by Crippen LogP contribution is -2.11. The normalized spacial score (nSPS) is 12.5. The predicted molar refractivity (Wildman–Crippen MR) is 203 cm³/mol. The highest BCUT2D eigenvalue weighted by atomic mass is 16.7. The lowest BCUT2D eigenvalue weighted by Gasteiger charge is -2.19. The number of aromatic nitrogens is 1. The van der Waals surface area contributed by atoms with Crippen molar-refractivity contribution in [2.45, 2.75) is 93.5 Å².